The van der Waals surface area contributed by atoms with E-state index in [0.717, 1.165) is 22.5 Å². The number of fused-ring (bicyclic) bond motifs is 2. The highest BCUT2D eigenvalue weighted by atomic mass is 16.5. The predicted octanol–water partition coefficient (Wildman–Crippen LogP) is 3.92. The molecule has 0 atom stereocenters. The molecular formula is C21H17NO4. The molecule has 3 aromatic carbocycles. The molecule has 0 aliphatic carbocycles. The molecule has 130 valence electrons. The fraction of sp³-hybridized carbons (Fsp3) is 0.0952. The second-order valence-electron chi connectivity index (χ2n) is 6.15. The zero-order valence-electron chi connectivity index (χ0n) is 14.1. The molecule has 0 saturated heterocycles. The van der Waals surface area contributed by atoms with E-state index < -0.39 is 17.6 Å². The fourth-order valence-electron chi connectivity index (χ4n) is 3.39. The lowest BCUT2D eigenvalue weighted by atomic mass is 9.85. The first-order valence-corrected chi connectivity index (χ1v) is 8.22. The van der Waals surface area contributed by atoms with Crippen LogP contribution in [0.5, 0.6) is 17.2 Å². The van der Waals surface area contributed by atoms with Crippen molar-refractivity contribution in [1.29, 1.82) is 0 Å². The van der Waals surface area contributed by atoms with Crippen molar-refractivity contribution in [1.82, 2.24) is 0 Å². The van der Waals surface area contributed by atoms with Crippen molar-refractivity contribution in [3.05, 3.63) is 77.9 Å². The minimum absolute atomic E-state index is 0.0658. The second-order valence-corrected chi connectivity index (χ2v) is 6.15. The van der Waals surface area contributed by atoms with E-state index in [4.69, 9.17) is 4.74 Å². The Labute approximate surface area is 150 Å². The number of rotatable bonds is 2. The third-order valence-electron chi connectivity index (χ3n) is 4.64. The van der Waals surface area contributed by atoms with Gasteiger partial charge in [-0.25, -0.2) is 0 Å². The van der Waals surface area contributed by atoms with Gasteiger partial charge in [-0.3, -0.25) is 4.79 Å². The normalized spacial score (nSPS) is 13.0. The van der Waals surface area contributed by atoms with E-state index in [1.165, 1.54) is 18.2 Å². The lowest BCUT2D eigenvalue weighted by Gasteiger charge is -2.34. The number of phenolic OH excluding ortho intramolecular Hbond substituents is 2. The Morgan fingerprint density at radius 2 is 1.46 bits per heavy atom. The summed E-state index contributed by atoms with van der Waals surface area (Å²) in [5, 5.41) is 19.6. The van der Waals surface area contributed by atoms with Gasteiger partial charge in [0, 0.05) is 18.4 Å². The number of aromatic hydroxyl groups is 2. The molecular weight excluding hydrogens is 330 g/mol. The van der Waals surface area contributed by atoms with Crippen LogP contribution in [0.1, 0.15) is 17.0 Å². The van der Waals surface area contributed by atoms with Crippen LogP contribution >= 0.6 is 0 Å². The second kappa shape index (κ2) is 6.11. The average molecular weight is 347 g/mol. The van der Waals surface area contributed by atoms with Crippen molar-refractivity contribution >= 4 is 17.3 Å². The van der Waals surface area contributed by atoms with Gasteiger partial charge in [0.25, 0.3) is 0 Å². The first kappa shape index (κ1) is 16.0. The van der Waals surface area contributed by atoms with Gasteiger partial charge in [-0.2, -0.15) is 0 Å². The van der Waals surface area contributed by atoms with Crippen molar-refractivity contribution in [2.75, 3.05) is 11.9 Å². The van der Waals surface area contributed by atoms with Gasteiger partial charge in [-0.1, -0.05) is 42.5 Å². The number of nitrogens with zero attached hydrogens (tertiary/aromatic N) is 1. The van der Waals surface area contributed by atoms with Crippen LogP contribution < -0.4 is 9.64 Å². The molecule has 2 N–H and O–H groups in total. The highest BCUT2D eigenvalue weighted by Crippen LogP contribution is 2.45. The molecule has 0 amide bonds. The molecule has 4 rings (SSSR count). The molecule has 1 aliphatic heterocycles. The Hall–Kier alpha value is -3.47. The highest BCUT2D eigenvalue weighted by molar-refractivity contribution is 5.92. The summed E-state index contributed by atoms with van der Waals surface area (Å²) in [5.41, 5.74) is 3.51. The summed E-state index contributed by atoms with van der Waals surface area (Å²) < 4.78 is 5.45. The van der Waals surface area contributed by atoms with Crippen LogP contribution in [0.25, 0.3) is 0 Å². The molecule has 0 bridgehead atoms. The Bertz CT molecular complexity index is 951. The van der Waals surface area contributed by atoms with Crippen LogP contribution in [0.4, 0.5) is 11.4 Å². The predicted molar refractivity (Wildman–Crippen MR) is 98.2 cm³/mol. The third kappa shape index (κ3) is 2.45. The Balaban J connectivity index is 1.80. The van der Waals surface area contributed by atoms with E-state index >= 15 is 0 Å². The number of anilines is 2. The summed E-state index contributed by atoms with van der Waals surface area (Å²) in [5.74, 6) is -1.99. The summed E-state index contributed by atoms with van der Waals surface area (Å²) in [4.78, 5) is 15.1. The van der Waals surface area contributed by atoms with Gasteiger partial charge in [-0.15, -0.1) is 0 Å². The molecule has 5 nitrogen and oxygen atoms in total. The average Bonchev–Trinajstić information content (AvgIpc) is 2.66. The molecule has 1 aliphatic rings. The summed E-state index contributed by atoms with van der Waals surface area (Å²) >= 11 is 0. The minimum atomic E-state index is -0.625. The summed E-state index contributed by atoms with van der Waals surface area (Å²) in [6, 6.07) is 19.6. The van der Waals surface area contributed by atoms with Crippen LogP contribution in [0.3, 0.4) is 0 Å². The van der Waals surface area contributed by atoms with Gasteiger partial charge in [0.1, 0.15) is 5.92 Å². The molecule has 5 heteroatoms. The van der Waals surface area contributed by atoms with Crippen molar-refractivity contribution < 1.29 is 19.7 Å². The molecule has 0 fully saturated rings. The van der Waals surface area contributed by atoms with E-state index in [-0.39, 0.29) is 11.5 Å². The van der Waals surface area contributed by atoms with E-state index in [1.807, 2.05) is 60.5 Å². The van der Waals surface area contributed by atoms with E-state index in [1.54, 1.807) is 0 Å². The number of carbonyl (C=O) groups is 1. The number of phenols is 2. The quantitative estimate of drug-likeness (QED) is 0.418. The zero-order valence-corrected chi connectivity index (χ0v) is 14.1. The first-order chi connectivity index (χ1) is 12.6. The molecule has 26 heavy (non-hydrogen) atoms. The number of benzene rings is 3. The molecule has 0 aromatic heterocycles. The topological polar surface area (TPSA) is 70.0 Å². The van der Waals surface area contributed by atoms with Gasteiger partial charge < -0.3 is 19.8 Å². The van der Waals surface area contributed by atoms with Crippen molar-refractivity contribution in [3.8, 4) is 17.2 Å². The maximum atomic E-state index is 13.0. The molecule has 3 aromatic rings. The third-order valence-corrected chi connectivity index (χ3v) is 4.64. The molecule has 0 saturated carbocycles. The van der Waals surface area contributed by atoms with Crippen LogP contribution in [-0.4, -0.2) is 23.2 Å². The lowest BCUT2D eigenvalue weighted by molar-refractivity contribution is -0.135. The molecule has 0 unspecified atom stereocenters. The number of carbonyl (C=O) groups excluding carboxylic acids is 1. The Morgan fingerprint density at radius 3 is 2.08 bits per heavy atom. The number of hydrogen-bond acceptors (Lipinski definition) is 5. The van der Waals surface area contributed by atoms with Gasteiger partial charge in [-0.05, 0) is 35.4 Å². The number of esters is 1. The summed E-state index contributed by atoms with van der Waals surface area (Å²) in [7, 11) is 1.96. The molecule has 0 spiro atoms. The van der Waals surface area contributed by atoms with E-state index in [2.05, 4.69) is 0 Å². The van der Waals surface area contributed by atoms with Crippen LogP contribution in [0.2, 0.25) is 0 Å². The van der Waals surface area contributed by atoms with Gasteiger partial charge in [0.15, 0.2) is 11.5 Å². The van der Waals surface area contributed by atoms with Crippen LogP contribution in [0, 0.1) is 0 Å². The van der Waals surface area contributed by atoms with Crippen LogP contribution in [0.15, 0.2) is 66.7 Å². The summed E-state index contributed by atoms with van der Waals surface area (Å²) in [6.07, 6.45) is 0. The Kier molecular flexibility index (Phi) is 3.77. The zero-order chi connectivity index (χ0) is 18.3. The number of para-hydroxylation sites is 3. The fourth-order valence-corrected chi connectivity index (χ4v) is 3.39. The lowest BCUT2D eigenvalue weighted by Crippen LogP contribution is -2.28. The van der Waals surface area contributed by atoms with Crippen molar-refractivity contribution in [3.63, 3.8) is 0 Å². The first-order valence-electron chi connectivity index (χ1n) is 8.22. The number of ether oxygens (including phenoxy) is 1. The molecule has 1 heterocycles. The maximum Gasteiger partial charge on any atom is 0.323 e. The van der Waals surface area contributed by atoms with Gasteiger partial charge in [0.2, 0.25) is 5.75 Å². The standard InChI is InChI=1S/C21H17NO4/c1-22-15-9-4-2-7-13(15)19(14-8-3-5-10-16(14)22)21(25)26-18-12-6-11-17(23)20(18)24/h2-12,19,23-24H,1H3. The Morgan fingerprint density at radius 1 is 0.885 bits per heavy atom. The SMILES string of the molecule is CN1c2ccccc2C(C(=O)Oc2cccc(O)c2O)c2ccccc21. The smallest absolute Gasteiger partial charge is 0.323 e. The van der Waals surface area contributed by atoms with Gasteiger partial charge >= 0.3 is 5.97 Å². The summed E-state index contributed by atoms with van der Waals surface area (Å²) in [6.45, 7) is 0. The van der Waals surface area contributed by atoms with Crippen molar-refractivity contribution in [2.45, 2.75) is 5.92 Å². The highest BCUT2D eigenvalue weighted by Gasteiger charge is 2.35. The van der Waals surface area contributed by atoms with Crippen molar-refractivity contribution in [2.24, 2.45) is 0 Å². The minimum Gasteiger partial charge on any atom is -0.504 e. The maximum absolute atomic E-state index is 13.0. The van der Waals surface area contributed by atoms with Crippen LogP contribution in [-0.2, 0) is 4.79 Å². The van der Waals surface area contributed by atoms with E-state index in [9.17, 15) is 15.0 Å². The van der Waals surface area contributed by atoms with Gasteiger partial charge in [0.05, 0.1) is 0 Å². The number of hydrogen-bond donors (Lipinski definition) is 2. The monoisotopic (exact) mass is 347 g/mol. The molecule has 0 radical (unpaired) electrons. The van der Waals surface area contributed by atoms with E-state index in [0.29, 0.717) is 0 Å². The largest absolute Gasteiger partial charge is 0.504 e.